The van der Waals surface area contributed by atoms with Crippen LogP contribution >= 0.6 is 11.8 Å². The Labute approximate surface area is 94.6 Å². The van der Waals surface area contributed by atoms with Gasteiger partial charge >= 0.3 is 0 Å². The zero-order valence-electron chi connectivity index (χ0n) is 8.94. The highest BCUT2D eigenvalue weighted by atomic mass is 32.2. The van der Waals surface area contributed by atoms with E-state index in [0.717, 1.165) is 4.90 Å². The lowest BCUT2D eigenvalue weighted by molar-refractivity contribution is -0.114. The molecule has 0 N–H and O–H groups in total. The van der Waals surface area contributed by atoms with Crippen LogP contribution in [0.25, 0.3) is 0 Å². The second-order valence-electron chi connectivity index (χ2n) is 4.37. The Kier molecular flexibility index (Phi) is 2.70. The molecular weight excluding hydrogens is 204 g/mol. The van der Waals surface area contributed by atoms with Crippen molar-refractivity contribution in [3.63, 3.8) is 0 Å². The van der Waals surface area contributed by atoms with Gasteiger partial charge in [-0.1, -0.05) is 38.1 Å². The fraction of sp³-hybridized carbons (Fsp3) is 0.308. The molecule has 15 heavy (non-hydrogen) atoms. The van der Waals surface area contributed by atoms with Crippen molar-refractivity contribution in [3.8, 4) is 0 Å². The highest BCUT2D eigenvalue weighted by molar-refractivity contribution is 8.00. The van der Waals surface area contributed by atoms with E-state index < -0.39 is 0 Å². The molecule has 1 unspecified atom stereocenters. The average Bonchev–Trinajstić information content (AvgIpc) is 2.47. The van der Waals surface area contributed by atoms with Crippen molar-refractivity contribution in [3.05, 3.63) is 42.5 Å². The first kappa shape index (κ1) is 10.5. The van der Waals surface area contributed by atoms with Gasteiger partial charge in [-0.15, -0.1) is 11.8 Å². The normalized spacial score (nSPS) is 23.3. The predicted molar refractivity (Wildman–Crippen MR) is 64.0 cm³/mol. The van der Waals surface area contributed by atoms with E-state index in [1.54, 1.807) is 17.8 Å². The quantitative estimate of drug-likeness (QED) is 0.757. The van der Waals surface area contributed by atoms with Gasteiger partial charge in [0.25, 0.3) is 0 Å². The molecule has 1 aromatic rings. The van der Waals surface area contributed by atoms with Crippen LogP contribution in [0.2, 0.25) is 0 Å². The van der Waals surface area contributed by atoms with Crippen LogP contribution in [-0.4, -0.2) is 11.0 Å². The largest absolute Gasteiger partial charge is 0.294 e. The highest BCUT2D eigenvalue weighted by Crippen LogP contribution is 2.40. The molecule has 0 aliphatic heterocycles. The van der Waals surface area contributed by atoms with Gasteiger partial charge in [0.1, 0.15) is 0 Å². The minimum atomic E-state index is -0.0302. The fourth-order valence-corrected chi connectivity index (χ4v) is 2.85. The van der Waals surface area contributed by atoms with E-state index in [0.29, 0.717) is 0 Å². The van der Waals surface area contributed by atoms with E-state index in [1.165, 1.54) is 0 Å². The molecule has 2 heteroatoms. The van der Waals surface area contributed by atoms with Gasteiger partial charge in [0.2, 0.25) is 0 Å². The van der Waals surface area contributed by atoms with Crippen molar-refractivity contribution in [1.29, 1.82) is 0 Å². The molecule has 1 aliphatic rings. The number of hydrogen-bond acceptors (Lipinski definition) is 2. The standard InChI is InChI=1S/C13H14OS/c1-13(2)9-8-11(14)12(13)15-10-6-4-3-5-7-10/h3-9,12H,1-2H3. The third-order valence-electron chi connectivity index (χ3n) is 2.61. The molecule has 0 radical (unpaired) electrons. The molecule has 2 rings (SSSR count). The Hall–Kier alpha value is -1.02. The predicted octanol–water partition coefficient (Wildman–Crippen LogP) is 3.31. The summed E-state index contributed by atoms with van der Waals surface area (Å²) in [5.74, 6) is 0.230. The molecule has 78 valence electrons. The Morgan fingerprint density at radius 1 is 1.20 bits per heavy atom. The molecular formula is C13H14OS. The molecule has 0 aromatic heterocycles. The van der Waals surface area contributed by atoms with Crippen LogP contribution in [0.3, 0.4) is 0 Å². The number of hydrogen-bond donors (Lipinski definition) is 0. The van der Waals surface area contributed by atoms with Crippen LogP contribution in [0.4, 0.5) is 0 Å². The van der Waals surface area contributed by atoms with Crippen molar-refractivity contribution < 1.29 is 4.79 Å². The van der Waals surface area contributed by atoms with Crippen LogP contribution < -0.4 is 0 Å². The van der Waals surface area contributed by atoms with Crippen LogP contribution in [0, 0.1) is 5.41 Å². The topological polar surface area (TPSA) is 17.1 Å². The fourth-order valence-electron chi connectivity index (χ4n) is 1.68. The Morgan fingerprint density at radius 3 is 2.40 bits per heavy atom. The van der Waals surface area contributed by atoms with E-state index in [9.17, 15) is 4.79 Å². The number of carbonyl (C=O) groups is 1. The van der Waals surface area contributed by atoms with Crippen molar-refractivity contribution in [2.24, 2.45) is 5.41 Å². The van der Waals surface area contributed by atoms with E-state index >= 15 is 0 Å². The zero-order chi connectivity index (χ0) is 10.9. The molecule has 0 heterocycles. The molecule has 0 fully saturated rings. The molecule has 1 aromatic carbocycles. The maximum Gasteiger partial charge on any atom is 0.169 e. The second kappa shape index (κ2) is 3.86. The van der Waals surface area contributed by atoms with Gasteiger partial charge in [-0.2, -0.15) is 0 Å². The van der Waals surface area contributed by atoms with Crippen molar-refractivity contribution in [2.45, 2.75) is 24.0 Å². The Morgan fingerprint density at radius 2 is 1.87 bits per heavy atom. The monoisotopic (exact) mass is 218 g/mol. The zero-order valence-corrected chi connectivity index (χ0v) is 9.75. The maximum atomic E-state index is 11.7. The van der Waals surface area contributed by atoms with Gasteiger partial charge in [0, 0.05) is 10.3 Å². The van der Waals surface area contributed by atoms with Crippen LogP contribution in [-0.2, 0) is 4.79 Å². The summed E-state index contributed by atoms with van der Waals surface area (Å²) in [6.45, 7) is 4.21. The van der Waals surface area contributed by atoms with Crippen molar-refractivity contribution in [1.82, 2.24) is 0 Å². The number of benzene rings is 1. The SMILES string of the molecule is CC1(C)C=CC(=O)C1Sc1ccccc1. The lowest BCUT2D eigenvalue weighted by Gasteiger charge is -2.24. The molecule has 0 spiro atoms. The van der Waals surface area contributed by atoms with Gasteiger partial charge in [-0.3, -0.25) is 4.79 Å². The average molecular weight is 218 g/mol. The molecule has 0 saturated carbocycles. The van der Waals surface area contributed by atoms with Crippen LogP contribution in [0.5, 0.6) is 0 Å². The first-order valence-corrected chi connectivity index (χ1v) is 5.92. The molecule has 1 nitrogen and oxygen atoms in total. The van der Waals surface area contributed by atoms with E-state index in [4.69, 9.17) is 0 Å². The number of carbonyl (C=O) groups excluding carboxylic acids is 1. The summed E-state index contributed by atoms with van der Waals surface area (Å²) in [4.78, 5) is 12.8. The number of ketones is 1. The summed E-state index contributed by atoms with van der Waals surface area (Å²) in [5.41, 5.74) is -0.0302. The second-order valence-corrected chi connectivity index (χ2v) is 5.55. The summed E-state index contributed by atoms with van der Waals surface area (Å²) in [7, 11) is 0. The van der Waals surface area contributed by atoms with Crippen molar-refractivity contribution >= 4 is 17.5 Å². The number of rotatable bonds is 2. The first-order chi connectivity index (χ1) is 7.09. The summed E-state index contributed by atoms with van der Waals surface area (Å²) >= 11 is 1.65. The van der Waals surface area contributed by atoms with E-state index in [2.05, 4.69) is 13.8 Å². The van der Waals surface area contributed by atoms with Gasteiger partial charge in [-0.25, -0.2) is 0 Å². The maximum absolute atomic E-state index is 11.7. The molecule has 0 bridgehead atoms. The summed E-state index contributed by atoms with van der Waals surface area (Å²) in [6, 6.07) is 10.1. The van der Waals surface area contributed by atoms with Gasteiger partial charge < -0.3 is 0 Å². The third kappa shape index (κ3) is 2.15. The van der Waals surface area contributed by atoms with Gasteiger partial charge in [-0.05, 0) is 18.2 Å². The van der Waals surface area contributed by atoms with E-state index in [-0.39, 0.29) is 16.4 Å². The minimum absolute atomic E-state index is 0.0277. The molecule has 1 aliphatic carbocycles. The van der Waals surface area contributed by atoms with Crippen molar-refractivity contribution in [2.75, 3.05) is 0 Å². The van der Waals surface area contributed by atoms with Crippen LogP contribution in [0.15, 0.2) is 47.4 Å². The third-order valence-corrected chi connectivity index (χ3v) is 4.23. The molecule has 0 amide bonds. The number of allylic oxidation sites excluding steroid dienone is 2. The van der Waals surface area contributed by atoms with Gasteiger partial charge in [0.05, 0.1) is 5.25 Å². The minimum Gasteiger partial charge on any atom is -0.294 e. The number of thioether (sulfide) groups is 1. The summed E-state index contributed by atoms with van der Waals surface area (Å²) in [6.07, 6.45) is 3.72. The lowest BCUT2D eigenvalue weighted by atomic mass is 9.93. The van der Waals surface area contributed by atoms with Gasteiger partial charge in [0.15, 0.2) is 5.78 Å². The van der Waals surface area contributed by atoms with Crippen LogP contribution in [0.1, 0.15) is 13.8 Å². The van der Waals surface area contributed by atoms with E-state index in [1.807, 2.05) is 36.4 Å². The highest BCUT2D eigenvalue weighted by Gasteiger charge is 2.37. The smallest absolute Gasteiger partial charge is 0.169 e. The molecule has 0 saturated heterocycles. The first-order valence-electron chi connectivity index (χ1n) is 5.04. The Balaban J connectivity index is 2.17. The summed E-state index contributed by atoms with van der Waals surface area (Å²) < 4.78 is 0. The molecule has 1 atom stereocenters. The Bertz CT molecular complexity index is 392. The lowest BCUT2D eigenvalue weighted by Crippen LogP contribution is -2.25. The summed E-state index contributed by atoms with van der Waals surface area (Å²) in [5, 5.41) is 0.0277.